The molecule has 0 saturated carbocycles. The Balaban J connectivity index is 1.53. The molecule has 0 aliphatic heterocycles. The predicted molar refractivity (Wildman–Crippen MR) is 192 cm³/mol. The Morgan fingerprint density at radius 3 is 0.971 bits per heavy atom. The third-order valence-corrected chi connectivity index (χ3v) is 15.4. The van der Waals surface area contributed by atoms with Gasteiger partial charge in [-0.1, -0.05) is 0 Å². The fourth-order valence-electron chi connectivity index (χ4n) is 3.55. The minimum absolute atomic E-state index is 1.33. The molecule has 0 N–H and O–H groups in total. The van der Waals surface area contributed by atoms with E-state index in [4.69, 9.17) is 0 Å². The van der Waals surface area contributed by atoms with Gasteiger partial charge in [-0.15, -0.1) is 68.0 Å². The topological polar surface area (TPSA) is 0 Å². The highest BCUT2D eigenvalue weighted by atomic mass is 127. The van der Waals surface area contributed by atoms with Crippen LogP contribution in [-0.2, 0) is 0 Å². The molecular formula is C24H10I4S6. The van der Waals surface area contributed by atoms with Crippen molar-refractivity contribution in [2.24, 2.45) is 0 Å². The Kier molecular flexibility index (Phi) is 8.00. The lowest BCUT2D eigenvalue weighted by Gasteiger charge is -1.97. The van der Waals surface area contributed by atoms with Crippen LogP contribution in [0.1, 0.15) is 0 Å². The van der Waals surface area contributed by atoms with Crippen molar-refractivity contribution >= 4 is 158 Å². The third-order valence-electron chi connectivity index (χ3n) is 4.98. The van der Waals surface area contributed by atoms with Crippen LogP contribution in [-0.4, -0.2) is 0 Å². The lowest BCUT2D eigenvalue weighted by Crippen LogP contribution is -1.70. The highest BCUT2D eigenvalue weighted by Gasteiger charge is 2.21. The van der Waals surface area contributed by atoms with E-state index in [0.29, 0.717) is 0 Å². The summed E-state index contributed by atoms with van der Waals surface area (Å²) in [6.07, 6.45) is 0. The zero-order chi connectivity index (χ0) is 23.4. The maximum absolute atomic E-state index is 2.43. The Morgan fingerprint density at radius 1 is 0.353 bits per heavy atom. The molecule has 0 bridgehead atoms. The number of thiophene rings is 6. The van der Waals surface area contributed by atoms with Gasteiger partial charge in [-0.2, -0.15) is 0 Å². The maximum atomic E-state index is 2.43. The molecule has 6 rings (SSSR count). The fraction of sp³-hybridized carbons (Fsp3) is 0. The van der Waals surface area contributed by atoms with Gasteiger partial charge in [0.05, 0.1) is 21.3 Å². The van der Waals surface area contributed by atoms with Crippen LogP contribution < -0.4 is 0 Å². The predicted octanol–water partition coefficient (Wildman–Crippen LogP) is 12.8. The Hall–Kier alpha value is 1.12. The van der Waals surface area contributed by atoms with Crippen molar-refractivity contribution in [3.63, 3.8) is 0 Å². The smallest absolute Gasteiger partial charge is 0.0660 e. The molecule has 6 aromatic rings. The third kappa shape index (κ3) is 5.19. The van der Waals surface area contributed by atoms with Crippen molar-refractivity contribution in [1.82, 2.24) is 0 Å². The Labute approximate surface area is 276 Å². The van der Waals surface area contributed by atoms with Crippen LogP contribution in [0, 0.1) is 11.5 Å². The van der Waals surface area contributed by atoms with Crippen LogP contribution in [0.2, 0.25) is 0 Å². The van der Waals surface area contributed by atoms with Crippen molar-refractivity contribution in [1.29, 1.82) is 0 Å². The van der Waals surface area contributed by atoms with Gasteiger partial charge in [0.25, 0.3) is 0 Å². The summed E-state index contributed by atoms with van der Waals surface area (Å²) in [5, 5.41) is 0. The van der Waals surface area contributed by atoms with Gasteiger partial charge < -0.3 is 0 Å². The summed E-state index contributed by atoms with van der Waals surface area (Å²) in [4.78, 5) is 10.9. The molecule has 0 amide bonds. The minimum Gasteiger partial charge on any atom is -0.133 e. The molecule has 170 valence electrons. The molecule has 6 heterocycles. The molecule has 0 nitrogen and oxygen atoms in total. The lowest BCUT2D eigenvalue weighted by molar-refractivity contribution is 1.83. The summed E-state index contributed by atoms with van der Waals surface area (Å²) in [6.45, 7) is 0. The van der Waals surface area contributed by atoms with E-state index in [2.05, 4.69) is 151 Å². The van der Waals surface area contributed by atoms with Gasteiger partial charge in [0.2, 0.25) is 0 Å². The first-order chi connectivity index (χ1) is 16.4. The van der Waals surface area contributed by atoms with E-state index in [1.54, 1.807) is 0 Å². The molecule has 6 aromatic heterocycles. The van der Waals surface area contributed by atoms with Crippen LogP contribution in [0.4, 0.5) is 0 Å². The summed E-state index contributed by atoms with van der Waals surface area (Å²) in [5.41, 5.74) is 2.72. The molecule has 0 radical (unpaired) electrons. The van der Waals surface area contributed by atoms with Gasteiger partial charge in [0, 0.05) is 40.4 Å². The summed E-state index contributed by atoms with van der Waals surface area (Å²) in [7, 11) is 0. The highest BCUT2D eigenvalue weighted by molar-refractivity contribution is 14.1. The first-order valence-corrected chi connectivity index (χ1v) is 19.0. The Bertz CT molecular complexity index is 1390. The first kappa shape index (κ1) is 25.4. The second-order valence-electron chi connectivity index (χ2n) is 7.12. The van der Waals surface area contributed by atoms with E-state index in [1.807, 2.05) is 68.0 Å². The number of hydrogen-bond donors (Lipinski definition) is 0. The van der Waals surface area contributed by atoms with E-state index in [1.165, 1.54) is 61.7 Å². The number of hydrogen-bond acceptors (Lipinski definition) is 6. The molecule has 0 fully saturated rings. The van der Waals surface area contributed by atoms with E-state index in [9.17, 15) is 0 Å². The fourth-order valence-corrected chi connectivity index (χ4v) is 12.9. The van der Waals surface area contributed by atoms with Crippen LogP contribution in [0.15, 0.2) is 60.7 Å². The van der Waals surface area contributed by atoms with E-state index >= 15 is 0 Å². The molecule has 0 aliphatic carbocycles. The van der Waals surface area contributed by atoms with Crippen LogP contribution in [0.5, 0.6) is 0 Å². The maximum Gasteiger partial charge on any atom is 0.0660 e. The monoisotopic (exact) mass is 998 g/mol. The van der Waals surface area contributed by atoms with Gasteiger partial charge in [0.1, 0.15) is 0 Å². The molecule has 34 heavy (non-hydrogen) atoms. The van der Waals surface area contributed by atoms with Crippen molar-refractivity contribution in [2.45, 2.75) is 0 Å². The van der Waals surface area contributed by atoms with Crippen molar-refractivity contribution < 1.29 is 0 Å². The molecule has 10 heteroatoms. The summed E-state index contributed by atoms with van der Waals surface area (Å²) in [6, 6.07) is 22.8. The highest BCUT2D eigenvalue weighted by Crippen LogP contribution is 2.52. The van der Waals surface area contributed by atoms with E-state index in [0.717, 1.165) is 0 Å². The average Bonchev–Trinajstić information content (AvgIpc) is 3.61. The Morgan fingerprint density at radius 2 is 0.676 bits per heavy atom. The molecule has 0 saturated heterocycles. The average molecular weight is 998 g/mol. The molecular weight excluding hydrogens is 988 g/mol. The van der Waals surface area contributed by atoms with Crippen molar-refractivity contribution in [3.05, 3.63) is 72.2 Å². The van der Waals surface area contributed by atoms with Gasteiger partial charge in [-0.25, -0.2) is 0 Å². The molecule has 0 atom stereocenters. The summed E-state index contributed by atoms with van der Waals surface area (Å²) in [5.74, 6) is 0. The standard InChI is InChI=1S/C24H10I4S6/c25-19-5-1-13(29-19)11-9-17(33-23(11)15-3-7-21(27)31-15)18-10-12(14-2-6-20(26)30-14)24(34-18)16-4-8-22(28)32-16/h1-10H. The first-order valence-electron chi connectivity index (χ1n) is 9.75. The molecule has 0 aromatic carbocycles. The summed E-state index contributed by atoms with van der Waals surface area (Å²) >= 11 is 21.1. The zero-order valence-electron chi connectivity index (χ0n) is 16.7. The van der Waals surface area contributed by atoms with Crippen LogP contribution >= 0.6 is 158 Å². The lowest BCUT2D eigenvalue weighted by atomic mass is 10.1. The molecule has 0 spiro atoms. The van der Waals surface area contributed by atoms with Crippen LogP contribution in [0.3, 0.4) is 0 Å². The van der Waals surface area contributed by atoms with E-state index < -0.39 is 0 Å². The normalized spacial score (nSPS) is 11.5. The quantitative estimate of drug-likeness (QED) is 0.151. The molecule has 0 unspecified atom stereocenters. The minimum atomic E-state index is 1.33. The number of halogens is 4. The van der Waals surface area contributed by atoms with Crippen molar-refractivity contribution in [2.75, 3.05) is 0 Å². The SMILES string of the molecule is Ic1ccc(-c2cc(-c3cc(-c4ccc(I)s4)c(-c4ccc(I)s4)s3)sc2-c2ccc(I)s2)s1. The van der Waals surface area contributed by atoms with Crippen LogP contribution in [0.25, 0.3) is 50.1 Å². The van der Waals surface area contributed by atoms with Crippen molar-refractivity contribution in [3.8, 4) is 50.1 Å². The van der Waals surface area contributed by atoms with E-state index in [-0.39, 0.29) is 0 Å². The van der Waals surface area contributed by atoms with Gasteiger partial charge in [0.15, 0.2) is 0 Å². The van der Waals surface area contributed by atoms with Gasteiger partial charge in [-0.3, -0.25) is 0 Å². The number of rotatable bonds is 5. The molecule has 0 aliphatic rings. The largest absolute Gasteiger partial charge is 0.133 e. The second kappa shape index (κ2) is 10.7. The van der Waals surface area contributed by atoms with Gasteiger partial charge in [-0.05, 0) is 151 Å². The second-order valence-corrected chi connectivity index (χ2v) is 21.1. The summed E-state index contributed by atoms with van der Waals surface area (Å²) < 4.78 is 5.31. The zero-order valence-corrected chi connectivity index (χ0v) is 30.3. The van der Waals surface area contributed by atoms with Gasteiger partial charge >= 0.3 is 0 Å².